The Morgan fingerprint density at radius 1 is 1.38 bits per heavy atom. The molecule has 0 atom stereocenters. The summed E-state index contributed by atoms with van der Waals surface area (Å²) in [5, 5.41) is 2.64. The first kappa shape index (κ1) is 16.3. The van der Waals surface area contributed by atoms with Gasteiger partial charge in [-0.3, -0.25) is 27.5 Å². The quantitative estimate of drug-likeness (QED) is 0.151. The van der Waals surface area contributed by atoms with Gasteiger partial charge in [-0.25, -0.2) is 10.3 Å². The fraction of sp³-hybridized carbons (Fsp3) is 0.625. The van der Waals surface area contributed by atoms with Crippen LogP contribution in [-0.2, 0) is 15.1 Å². The van der Waals surface area contributed by atoms with Crippen LogP contribution in [0.25, 0.3) is 0 Å². The van der Waals surface area contributed by atoms with Crippen molar-refractivity contribution in [2.24, 2.45) is 22.9 Å². The number of H-pyrrole nitrogens is 1. The number of hydrogen-bond acceptors (Lipinski definition) is 9. The first-order valence-corrected chi connectivity index (χ1v) is 7.71. The number of aromatic nitrogens is 2. The molecule has 0 aromatic carbocycles. The number of nitrogens with zero attached hydrogens (tertiary/aromatic N) is 2. The van der Waals surface area contributed by atoms with Gasteiger partial charge in [0.2, 0.25) is 5.91 Å². The average molecular weight is 322 g/mol. The summed E-state index contributed by atoms with van der Waals surface area (Å²) in [6, 6.07) is 0. The van der Waals surface area contributed by atoms with Gasteiger partial charge in [0.1, 0.15) is 12.0 Å². The van der Waals surface area contributed by atoms with Gasteiger partial charge in [-0.05, 0) is 0 Å². The zero-order chi connectivity index (χ0) is 15.9. The molecule has 1 aliphatic rings. The Labute approximate surface area is 120 Å². The van der Waals surface area contributed by atoms with Crippen molar-refractivity contribution < 1.29 is 19.1 Å². The van der Waals surface area contributed by atoms with Gasteiger partial charge in [-0.2, -0.15) is 0 Å². The molecule has 0 aliphatic carbocycles. The van der Waals surface area contributed by atoms with Crippen molar-refractivity contribution in [1.82, 2.24) is 15.3 Å². The number of anilines is 1. The van der Waals surface area contributed by atoms with Crippen molar-refractivity contribution in [2.75, 3.05) is 24.4 Å². The first-order valence-electron chi connectivity index (χ1n) is 5.91. The summed E-state index contributed by atoms with van der Waals surface area (Å²) in [7, 11) is -4.22. The molecule has 2 heterocycles. The third kappa shape index (κ3) is 3.58. The van der Waals surface area contributed by atoms with E-state index in [-0.39, 0.29) is 13.2 Å². The number of fused-ring (bicyclic) bond motifs is 1. The van der Waals surface area contributed by atoms with Crippen LogP contribution in [0.2, 0.25) is 0 Å². The predicted octanol–water partition coefficient (Wildman–Crippen LogP) is -3.47. The van der Waals surface area contributed by atoms with E-state index in [0.717, 1.165) is 0 Å². The normalized spacial score (nSPS) is 20.4. The molecule has 1 aromatic rings. The van der Waals surface area contributed by atoms with Crippen molar-refractivity contribution >= 4 is 13.4 Å². The van der Waals surface area contributed by atoms with E-state index in [1.807, 2.05) is 0 Å². The zero-order valence-corrected chi connectivity index (χ0v) is 12.0. The third-order valence-corrected chi connectivity index (χ3v) is 3.38. The highest BCUT2D eigenvalue weighted by atomic mass is 31.2. The van der Waals surface area contributed by atoms with Gasteiger partial charge in [0, 0.05) is 6.54 Å². The lowest BCUT2D eigenvalue weighted by atomic mass is 10.1. The Balaban J connectivity index is 2.10. The standard InChI is InChI=1S/C8H19N8O4P/c9-7(10)5-6(14-3-13-5)16(8(11,12)15-7)1-2-20-4-21(17,18)19/h3,15H,1-2,4,9-12H2,(H,13,14)(H2,17,18,19). The smallest absolute Gasteiger partial charge is 0.350 e. The number of imidazole rings is 1. The molecule has 2 rings (SSSR count). The second-order valence-electron chi connectivity index (χ2n) is 4.77. The molecule has 0 fully saturated rings. The van der Waals surface area contributed by atoms with E-state index in [2.05, 4.69) is 15.3 Å². The van der Waals surface area contributed by atoms with Crippen molar-refractivity contribution in [2.45, 2.75) is 11.7 Å². The number of ether oxygens (including phenoxy) is 1. The lowest BCUT2D eigenvalue weighted by Crippen LogP contribution is -2.82. The molecule has 1 aliphatic heterocycles. The van der Waals surface area contributed by atoms with Crippen LogP contribution in [0.4, 0.5) is 5.82 Å². The molecule has 0 unspecified atom stereocenters. The van der Waals surface area contributed by atoms with Crippen LogP contribution < -0.4 is 33.2 Å². The maximum absolute atomic E-state index is 10.7. The summed E-state index contributed by atoms with van der Waals surface area (Å²) in [5.41, 5.74) is 23.9. The largest absolute Gasteiger partial charge is 0.367 e. The van der Waals surface area contributed by atoms with E-state index in [1.165, 1.54) is 11.2 Å². The minimum Gasteiger partial charge on any atom is -0.367 e. The fourth-order valence-corrected chi connectivity index (χ4v) is 2.43. The molecular weight excluding hydrogens is 303 g/mol. The number of rotatable bonds is 5. The van der Waals surface area contributed by atoms with Crippen LogP contribution in [0.3, 0.4) is 0 Å². The van der Waals surface area contributed by atoms with E-state index in [0.29, 0.717) is 11.5 Å². The Bertz CT molecular complexity index is 554. The second kappa shape index (κ2) is 5.28. The van der Waals surface area contributed by atoms with E-state index < -0.39 is 25.6 Å². The highest BCUT2D eigenvalue weighted by Crippen LogP contribution is 2.34. The molecule has 0 spiro atoms. The van der Waals surface area contributed by atoms with Crippen molar-refractivity contribution in [3.63, 3.8) is 0 Å². The van der Waals surface area contributed by atoms with Gasteiger partial charge in [0.15, 0.2) is 11.6 Å². The molecule has 12 N–H and O–H groups in total. The number of aromatic amines is 1. The SMILES string of the molecule is NC1(N)NC(N)(N)N(CCOCP(=O)(O)O)c2nc[nH]c21. The highest BCUT2D eigenvalue weighted by molar-refractivity contribution is 7.51. The molecule has 12 nitrogen and oxygen atoms in total. The van der Waals surface area contributed by atoms with E-state index in [1.54, 1.807) is 0 Å². The summed E-state index contributed by atoms with van der Waals surface area (Å²) in [6.07, 6.45) is 0.688. The van der Waals surface area contributed by atoms with Gasteiger partial charge >= 0.3 is 7.60 Å². The Morgan fingerprint density at radius 3 is 2.67 bits per heavy atom. The van der Waals surface area contributed by atoms with Crippen LogP contribution >= 0.6 is 7.60 Å². The maximum Gasteiger partial charge on any atom is 0.350 e. The monoisotopic (exact) mass is 322 g/mol. The third-order valence-electron chi connectivity index (χ3n) is 2.86. The van der Waals surface area contributed by atoms with Gasteiger partial charge in [-0.15, -0.1) is 0 Å². The Kier molecular flexibility index (Phi) is 4.10. The molecule has 0 radical (unpaired) electrons. The minimum absolute atomic E-state index is 0.0304. The van der Waals surface area contributed by atoms with E-state index in [4.69, 9.17) is 37.5 Å². The predicted molar refractivity (Wildman–Crippen MR) is 73.1 cm³/mol. The highest BCUT2D eigenvalue weighted by Gasteiger charge is 2.45. The van der Waals surface area contributed by atoms with Crippen LogP contribution in [0, 0.1) is 0 Å². The Hall–Kier alpha value is -1.08. The molecule has 0 saturated heterocycles. The zero-order valence-electron chi connectivity index (χ0n) is 11.1. The Morgan fingerprint density at radius 2 is 2.05 bits per heavy atom. The van der Waals surface area contributed by atoms with Crippen molar-refractivity contribution in [3.8, 4) is 0 Å². The van der Waals surface area contributed by atoms with Gasteiger partial charge in [-0.1, -0.05) is 0 Å². The van der Waals surface area contributed by atoms with E-state index >= 15 is 0 Å². The summed E-state index contributed by atoms with van der Waals surface area (Å²) in [5.74, 6) is -2.75. The fourth-order valence-electron chi connectivity index (χ4n) is 2.06. The van der Waals surface area contributed by atoms with Crippen LogP contribution in [0.5, 0.6) is 0 Å². The van der Waals surface area contributed by atoms with Gasteiger partial charge in [0.05, 0.1) is 12.9 Å². The molecular formula is C8H19N8O4P. The topological polar surface area (TPSA) is 215 Å². The van der Waals surface area contributed by atoms with Crippen molar-refractivity contribution in [3.05, 3.63) is 12.0 Å². The second-order valence-corrected chi connectivity index (χ2v) is 6.36. The summed E-state index contributed by atoms with van der Waals surface area (Å²) in [6.45, 7) is 0.0886. The summed E-state index contributed by atoms with van der Waals surface area (Å²) < 4.78 is 15.6. The number of nitrogens with two attached hydrogens (primary N) is 4. The average Bonchev–Trinajstić information content (AvgIpc) is 2.73. The molecule has 1 aromatic heterocycles. The lowest BCUT2D eigenvalue weighted by Gasteiger charge is -2.47. The molecule has 120 valence electrons. The van der Waals surface area contributed by atoms with Gasteiger partial charge in [0.25, 0.3) is 0 Å². The van der Waals surface area contributed by atoms with Crippen LogP contribution in [-0.4, -0.2) is 45.2 Å². The van der Waals surface area contributed by atoms with Crippen LogP contribution in [0.15, 0.2) is 6.33 Å². The molecule has 0 amide bonds. The molecule has 0 bridgehead atoms. The number of hydrogen-bond donors (Lipinski definition) is 8. The van der Waals surface area contributed by atoms with E-state index in [9.17, 15) is 4.57 Å². The maximum atomic E-state index is 10.7. The molecule has 21 heavy (non-hydrogen) atoms. The van der Waals surface area contributed by atoms with Crippen LogP contribution in [0.1, 0.15) is 5.69 Å². The minimum atomic E-state index is -4.22. The van der Waals surface area contributed by atoms with Crippen molar-refractivity contribution in [1.29, 1.82) is 0 Å². The first-order chi connectivity index (χ1) is 9.53. The number of nitrogens with one attached hydrogen (secondary N) is 2. The summed E-state index contributed by atoms with van der Waals surface area (Å²) >= 11 is 0. The lowest BCUT2D eigenvalue weighted by molar-refractivity contribution is 0.140. The summed E-state index contributed by atoms with van der Waals surface area (Å²) in [4.78, 5) is 25.7. The molecule has 0 saturated carbocycles. The van der Waals surface area contributed by atoms with Gasteiger partial charge < -0.3 is 24.4 Å². The molecule has 13 heteroatoms.